The summed E-state index contributed by atoms with van der Waals surface area (Å²) in [6.45, 7) is -0.145. The second kappa shape index (κ2) is 2.52. The maximum absolute atomic E-state index is 8.67. The Morgan fingerprint density at radius 1 is 1.64 bits per heavy atom. The third kappa shape index (κ3) is 1.08. The molecule has 1 N–H and O–H groups in total. The van der Waals surface area contributed by atoms with Gasteiger partial charge in [-0.2, -0.15) is 0 Å². The van der Waals surface area contributed by atoms with Gasteiger partial charge in [0.05, 0.1) is 10.9 Å². The first kappa shape index (κ1) is 6.63. The molecule has 2 aromatic rings. The summed E-state index contributed by atoms with van der Waals surface area (Å²) in [6, 6.07) is 0. The minimum absolute atomic E-state index is 0.145. The quantitative estimate of drug-likeness (QED) is 0.665. The molecule has 0 saturated carbocycles. The van der Waals surface area contributed by atoms with Gasteiger partial charge in [-0.15, -0.1) is 11.3 Å². The average molecular weight is 166 g/mol. The lowest BCUT2D eigenvalue weighted by atomic mass is 10.5. The van der Waals surface area contributed by atoms with E-state index in [2.05, 4.69) is 20.5 Å². The highest BCUT2D eigenvalue weighted by Gasteiger charge is 1.99. The Kier molecular flexibility index (Phi) is 1.52. The Balaban J connectivity index is 2.67. The lowest BCUT2D eigenvalue weighted by molar-refractivity contribution is 0.272. The highest BCUT2D eigenvalue weighted by Crippen LogP contribution is 2.12. The zero-order chi connectivity index (χ0) is 7.68. The van der Waals surface area contributed by atoms with Crippen LogP contribution in [0.4, 0.5) is 0 Å². The van der Waals surface area contributed by atoms with Crippen LogP contribution in [-0.4, -0.2) is 20.1 Å². The lowest BCUT2D eigenvalue weighted by Gasteiger charge is -1.90. The molecule has 0 atom stereocenters. The summed E-state index contributed by atoms with van der Waals surface area (Å²) in [4.78, 5) is 11.7. The Hall–Kier alpha value is -1.07. The van der Waals surface area contributed by atoms with E-state index in [1.165, 1.54) is 11.3 Å². The van der Waals surface area contributed by atoms with E-state index < -0.39 is 0 Å². The summed E-state index contributed by atoms with van der Waals surface area (Å²) in [5.74, 6) is 0.400. The standard InChI is InChI=1S/C6H4N3OS/c10-2-5-7-1-4-6(9-5)8-3-11-4/h1,10H,2H2. The molecule has 0 amide bonds. The summed E-state index contributed by atoms with van der Waals surface area (Å²) in [7, 11) is 0. The van der Waals surface area contributed by atoms with Crippen LogP contribution in [0.25, 0.3) is 10.3 Å². The molecule has 0 fully saturated rings. The maximum atomic E-state index is 8.67. The predicted octanol–water partition coefficient (Wildman–Crippen LogP) is 0.379. The van der Waals surface area contributed by atoms with Gasteiger partial charge in [-0.25, -0.2) is 15.0 Å². The number of fused-ring (bicyclic) bond motifs is 1. The molecule has 2 rings (SSSR count). The van der Waals surface area contributed by atoms with E-state index in [9.17, 15) is 0 Å². The molecule has 2 aromatic heterocycles. The van der Waals surface area contributed by atoms with Crippen molar-refractivity contribution >= 4 is 21.7 Å². The molecule has 0 aliphatic carbocycles. The summed E-state index contributed by atoms with van der Waals surface area (Å²) in [5, 5.41) is 8.67. The van der Waals surface area contributed by atoms with E-state index in [0.29, 0.717) is 11.5 Å². The van der Waals surface area contributed by atoms with E-state index >= 15 is 0 Å². The third-order valence-corrected chi connectivity index (χ3v) is 1.93. The van der Waals surface area contributed by atoms with E-state index in [-0.39, 0.29) is 6.61 Å². The van der Waals surface area contributed by atoms with Crippen LogP contribution in [0, 0.1) is 5.51 Å². The van der Waals surface area contributed by atoms with Crippen molar-refractivity contribution in [3.63, 3.8) is 0 Å². The molecule has 11 heavy (non-hydrogen) atoms. The third-order valence-electron chi connectivity index (χ3n) is 1.23. The van der Waals surface area contributed by atoms with Crippen LogP contribution in [0.5, 0.6) is 0 Å². The van der Waals surface area contributed by atoms with Crippen molar-refractivity contribution in [2.24, 2.45) is 0 Å². The van der Waals surface area contributed by atoms with Crippen LogP contribution in [0.2, 0.25) is 0 Å². The average Bonchev–Trinajstić information content (AvgIpc) is 2.50. The molecule has 5 heteroatoms. The SMILES string of the molecule is OCc1ncc2s[c]nc2n1. The number of rotatable bonds is 1. The van der Waals surface area contributed by atoms with Crippen LogP contribution in [-0.2, 0) is 6.61 Å². The highest BCUT2D eigenvalue weighted by molar-refractivity contribution is 7.16. The first-order valence-electron chi connectivity index (χ1n) is 2.99. The number of nitrogens with zero attached hydrogens (tertiary/aromatic N) is 3. The van der Waals surface area contributed by atoms with E-state index in [4.69, 9.17) is 5.11 Å². The van der Waals surface area contributed by atoms with Gasteiger partial charge in [0, 0.05) is 0 Å². The Bertz CT molecular complexity index is 373. The van der Waals surface area contributed by atoms with Gasteiger partial charge in [0.1, 0.15) is 6.61 Å². The molecule has 0 aliphatic heterocycles. The van der Waals surface area contributed by atoms with Crippen molar-refractivity contribution in [2.45, 2.75) is 6.61 Å². The van der Waals surface area contributed by atoms with Crippen molar-refractivity contribution in [2.75, 3.05) is 0 Å². The molecule has 55 valence electrons. The van der Waals surface area contributed by atoms with Gasteiger partial charge in [0.15, 0.2) is 17.0 Å². The molecule has 0 saturated heterocycles. The monoisotopic (exact) mass is 166 g/mol. The highest BCUT2D eigenvalue weighted by atomic mass is 32.1. The van der Waals surface area contributed by atoms with Crippen LogP contribution >= 0.6 is 11.3 Å². The van der Waals surface area contributed by atoms with E-state index in [1.54, 1.807) is 6.20 Å². The minimum atomic E-state index is -0.145. The first-order chi connectivity index (χ1) is 5.40. The predicted molar refractivity (Wildman–Crippen MR) is 40.0 cm³/mol. The molecule has 0 spiro atoms. The van der Waals surface area contributed by atoms with Crippen LogP contribution in [0.1, 0.15) is 5.82 Å². The van der Waals surface area contributed by atoms with Gasteiger partial charge >= 0.3 is 0 Å². The van der Waals surface area contributed by atoms with Crippen LogP contribution in [0.15, 0.2) is 6.20 Å². The number of hydrogen-bond acceptors (Lipinski definition) is 5. The minimum Gasteiger partial charge on any atom is -0.388 e. The van der Waals surface area contributed by atoms with Crippen molar-refractivity contribution < 1.29 is 5.11 Å². The Labute approximate surface area is 66.6 Å². The number of thiazole rings is 1. The fourth-order valence-electron chi connectivity index (χ4n) is 0.741. The second-order valence-electron chi connectivity index (χ2n) is 1.94. The fraction of sp³-hybridized carbons (Fsp3) is 0.167. The van der Waals surface area contributed by atoms with E-state index in [1.807, 2.05) is 0 Å². The topological polar surface area (TPSA) is 58.9 Å². The number of hydrogen-bond donors (Lipinski definition) is 1. The molecular weight excluding hydrogens is 162 g/mol. The summed E-state index contributed by atoms with van der Waals surface area (Å²) in [6.07, 6.45) is 1.64. The summed E-state index contributed by atoms with van der Waals surface area (Å²) < 4.78 is 0.891. The fourth-order valence-corrected chi connectivity index (χ4v) is 1.26. The maximum Gasteiger partial charge on any atom is 0.174 e. The summed E-state index contributed by atoms with van der Waals surface area (Å²) in [5.41, 5.74) is 3.30. The smallest absolute Gasteiger partial charge is 0.174 e. The van der Waals surface area contributed by atoms with Crippen LogP contribution < -0.4 is 0 Å². The molecule has 0 unspecified atom stereocenters. The number of aliphatic hydroxyl groups excluding tert-OH is 1. The second-order valence-corrected chi connectivity index (χ2v) is 2.76. The molecule has 0 bridgehead atoms. The molecule has 1 radical (unpaired) electrons. The zero-order valence-electron chi connectivity index (χ0n) is 5.48. The van der Waals surface area contributed by atoms with Crippen molar-refractivity contribution in [1.82, 2.24) is 15.0 Å². The first-order valence-corrected chi connectivity index (χ1v) is 3.81. The summed E-state index contributed by atoms with van der Waals surface area (Å²) >= 11 is 1.36. The lowest BCUT2D eigenvalue weighted by Crippen LogP contribution is -1.92. The Morgan fingerprint density at radius 2 is 2.55 bits per heavy atom. The molecular formula is C6H4N3OS. The molecule has 0 aliphatic rings. The zero-order valence-corrected chi connectivity index (χ0v) is 6.30. The van der Waals surface area contributed by atoms with Crippen LogP contribution in [0.3, 0.4) is 0 Å². The van der Waals surface area contributed by atoms with Crippen molar-refractivity contribution in [3.05, 3.63) is 17.5 Å². The van der Waals surface area contributed by atoms with Gasteiger partial charge in [0.2, 0.25) is 0 Å². The van der Waals surface area contributed by atoms with Gasteiger partial charge in [-0.1, -0.05) is 0 Å². The van der Waals surface area contributed by atoms with Crippen molar-refractivity contribution in [3.8, 4) is 0 Å². The van der Waals surface area contributed by atoms with Gasteiger partial charge in [-0.05, 0) is 0 Å². The van der Waals surface area contributed by atoms with E-state index in [0.717, 1.165) is 4.70 Å². The molecule has 4 nitrogen and oxygen atoms in total. The largest absolute Gasteiger partial charge is 0.388 e. The molecule has 2 heterocycles. The van der Waals surface area contributed by atoms with Gasteiger partial charge in [-0.3, -0.25) is 0 Å². The van der Waals surface area contributed by atoms with Gasteiger partial charge in [0.25, 0.3) is 0 Å². The molecule has 0 aromatic carbocycles. The van der Waals surface area contributed by atoms with Gasteiger partial charge < -0.3 is 5.11 Å². The Morgan fingerprint density at radius 3 is 3.36 bits per heavy atom. The number of aliphatic hydroxyl groups is 1. The number of aromatic nitrogens is 3. The van der Waals surface area contributed by atoms with Crippen molar-refractivity contribution in [1.29, 1.82) is 0 Å². The normalized spacial score (nSPS) is 10.6.